The Morgan fingerprint density at radius 1 is 1.05 bits per heavy atom. The van der Waals surface area contributed by atoms with Gasteiger partial charge in [0.05, 0.1) is 0 Å². The Bertz CT molecular complexity index is 625. The van der Waals surface area contributed by atoms with Crippen molar-refractivity contribution >= 4 is 29.1 Å². The van der Waals surface area contributed by atoms with Gasteiger partial charge in [-0.2, -0.15) is 0 Å². The molecule has 1 aliphatic heterocycles. The lowest BCUT2D eigenvalue weighted by Gasteiger charge is -2.07. The number of nitrogens with zero attached hydrogens (tertiary/aromatic N) is 1. The van der Waals surface area contributed by atoms with Gasteiger partial charge in [0.1, 0.15) is 12.6 Å². The second kappa shape index (κ2) is 5.24. The first-order chi connectivity index (χ1) is 9.24. The van der Waals surface area contributed by atoms with Crippen molar-refractivity contribution in [2.75, 3.05) is 6.61 Å². The van der Waals surface area contributed by atoms with Crippen LogP contribution in [-0.2, 0) is 4.74 Å². The van der Waals surface area contributed by atoms with E-state index in [4.69, 9.17) is 27.9 Å². The van der Waals surface area contributed by atoms with Gasteiger partial charge < -0.3 is 4.74 Å². The third kappa shape index (κ3) is 2.60. The van der Waals surface area contributed by atoms with Crippen molar-refractivity contribution in [3.05, 3.63) is 69.7 Å². The van der Waals surface area contributed by atoms with E-state index in [1.54, 1.807) is 6.07 Å². The van der Waals surface area contributed by atoms with Crippen LogP contribution in [-0.4, -0.2) is 12.5 Å². The lowest BCUT2D eigenvalue weighted by atomic mass is 10.1. The van der Waals surface area contributed by atoms with Crippen LogP contribution in [0.5, 0.6) is 0 Å². The van der Waals surface area contributed by atoms with Crippen LogP contribution in [0, 0.1) is 0 Å². The summed E-state index contributed by atoms with van der Waals surface area (Å²) in [5, 5.41) is 1.25. The Kier molecular flexibility index (Phi) is 3.45. The summed E-state index contributed by atoms with van der Waals surface area (Å²) in [6, 6.07) is 15.2. The molecule has 2 aromatic rings. The lowest BCUT2D eigenvalue weighted by Crippen LogP contribution is -2.01. The van der Waals surface area contributed by atoms with E-state index in [9.17, 15) is 0 Å². The van der Waals surface area contributed by atoms with Crippen molar-refractivity contribution in [3.8, 4) is 0 Å². The summed E-state index contributed by atoms with van der Waals surface area (Å²) in [4.78, 5) is 4.59. The van der Waals surface area contributed by atoms with Crippen LogP contribution in [0.1, 0.15) is 17.2 Å². The van der Waals surface area contributed by atoms with Gasteiger partial charge in [-0.05, 0) is 29.8 Å². The predicted molar refractivity (Wildman–Crippen MR) is 78.1 cm³/mol. The average Bonchev–Trinajstić information content (AvgIpc) is 2.89. The normalized spacial score (nSPS) is 18.0. The fraction of sp³-hybridized carbons (Fsp3) is 0.133. The Morgan fingerprint density at radius 2 is 1.84 bits per heavy atom. The molecule has 1 heterocycles. The van der Waals surface area contributed by atoms with E-state index in [2.05, 4.69) is 4.99 Å². The van der Waals surface area contributed by atoms with E-state index in [1.165, 1.54) is 0 Å². The summed E-state index contributed by atoms with van der Waals surface area (Å²) in [7, 11) is 0. The van der Waals surface area contributed by atoms with Gasteiger partial charge in [-0.3, -0.25) is 0 Å². The monoisotopic (exact) mass is 291 g/mol. The van der Waals surface area contributed by atoms with Gasteiger partial charge in [0.15, 0.2) is 0 Å². The smallest absolute Gasteiger partial charge is 0.216 e. The van der Waals surface area contributed by atoms with Crippen molar-refractivity contribution in [1.82, 2.24) is 0 Å². The molecule has 0 N–H and O–H groups in total. The van der Waals surface area contributed by atoms with Crippen molar-refractivity contribution in [1.29, 1.82) is 0 Å². The maximum absolute atomic E-state index is 6.19. The Labute approximate surface area is 121 Å². The number of rotatable bonds is 2. The van der Waals surface area contributed by atoms with Crippen LogP contribution in [0.25, 0.3) is 0 Å². The van der Waals surface area contributed by atoms with Crippen molar-refractivity contribution in [3.63, 3.8) is 0 Å². The Hall–Kier alpha value is -1.51. The lowest BCUT2D eigenvalue weighted by molar-refractivity contribution is 0.320. The molecule has 96 valence electrons. The maximum Gasteiger partial charge on any atom is 0.216 e. The minimum atomic E-state index is -0.0695. The molecular formula is C15H11Cl2NO. The van der Waals surface area contributed by atoms with Gasteiger partial charge in [-0.25, -0.2) is 4.99 Å². The molecule has 0 fully saturated rings. The van der Waals surface area contributed by atoms with Gasteiger partial charge in [0.2, 0.25) is 5.90 Å². The molecule has 0 unspecified atom stereocenters. The molecule has 0 amide bonds. The molecule has 4 heteroatoms. The second-order valence-corrected chi connectivity index (χ2v) is 5.14. The van der Waals surface area contributed by atoms with Crippen LogP contribution < -0.4 is 0 Å². The Morgan fingerprint density at radius 3 is 2.58 bits per heavy atom. The predicted octanol–water partition coefficient (Wildman–Crippen LogP) is 4.51. The van der Waals surface area contributed by atoms with Gasteiger partial charge in [-0.1, -0.05) is 47.5 Å². The zero-order valence-corrected chi connectivity index (χ0v) is 11.5. The molecule has 0 bridgehead atoms. The zero-order valence-electron chi connectivity index (χ0n) is 10.0. The molecule has 0 spiro atoms. The third-order valence-corrected chi connectivity index (χ3v) is 3.56. The first-order valence-electron chi connectivity index (χ1n) is 5.95. The number of hydrogen-bond acceptors (Lipinski definition) is 2. The summed E-state index contributed by atoms with van der Waals surface area (Å²) in [6.45, 7) is 0.506. The van der Waals surface area contributed by atoms with Gasteiger partial charge >= 0.3 is 0 Å². The summed E-state index contributed by atoms with van der Waals surface area (Å²) in [5.41, 5.74) is 1.92. The molecular weight excluding hydrogens is 281 g/mol. The average molecular weight is 292 g/mol. The van der Waals surface area contributed by atoms with Gasteiger partial charge in [0.25, 0.3) is 0 Å². The maximum atomic E-state index is 6.19. The fourth-order valence-corrected chi connectivity index (χ4v) is 2.58. The topological polar surface area (TPSA) is 21.6 Å². The van der Waals surface area contributed by atoms with E-state index >= 15 is 0 Å². The highest BCUT2D eigenvalue weighted by molar-refractivity contribution is 6.35. The number of hydrogen-bond donors (Lipinski definition) is 0. The SMILES string of the molecule is Clc1ccc([C@@H]2COC(c3ccccc3)=N2)c(Cl)c1. The third-order valence-electron chi connectivity index (χ3n) is 2.99. The summed E-state index contributed by atoms with van der Waals surface area (Å²) in [6.07, 6.45) is 0. The van der Waals surface area contributed by atoms with E-state index < -0.39 is 0 Å². The molecule has 0 aliphatic carbocycles. The van der Waals surface area contributed by atoms with Crippen molar-refractivity contribution in [2.45, 2.75) is 6.04 Å². The van der Waals surface area contributed by atoms with Crippen molar-refractivity contribution < 1.29 is 4.74 Å². The Balaban J connectivity index is 1.91. The minimum Gasteiger partial charge on any atom is -0.475 e. The first kappa shape index (κ1) is 12.5. The summed E-state index contributed by atoms with van der Waals surface area (Å²) < 4.78 is 5.65. The molecule has 19 heavy (non-hydrogen) atoms. The second-order valence-electron chi connectivity index (χ2n) is 4.29. The molecule has 0 aromatic heterocycles. The van der Waals surface area contributed by atoms with Crippen LogP contribution in [0.3, 0.4) is 0 Å². The quantitative estimate of drug-likeness (QED) is 0.798. The standard InChI is InChI=1S/C15H11Cl2NO/c16-11-6-7-12(13(17)8-11)14-9-19-15(18-14)10-4-2-1-3-5-10/h1-8,14H,9H2/t14-/m0/s1. The van der Waals surface area contributed by atoms with Crippen LogP contribution in [0.2, 0.25) is 10.0 Å². The molecule has 1 aliphatic rings. The largest absolute Gasteiger partial charge is 0.475 e. The van der Waals surface area contributed by atoms with E-state index in [-0.39, 0.29) is 6.04 Å². The van der Waals surface area contributed by atoms with Crippen LogP contribution >= 0.6 is 23.2 Å². The van der Waals surface area contributed by atoms with E-state index in [0.717, 1.165) is 11.1 Å². The molecule has 0 saturated carbocycles. The molecule has 0 radical (unpaired) electrons. The molecule has 2 nitrogen and oxygen atoms in total. The van der Waals surface area contributed by atoms with E-state index in [0.29, 0.717) is 22.5 Å². The molecule has 1 atom stereocenters. The number of halogens is 2. The number of ether oxygens (including phenoxy) is 1. The highest BCUT2D eigenvalue weighted by Gasteiger charge is 2.23. The summed E-state index contributed by atoms with van der Waals surface area (Å²) >= 11 is 12.1. The van der Waals surface area contributed by atoms with Gasteiger partial charge in [0, 0.05) is 15.6 Å². The highest BCUT2D eigenvalue weighted by atomic mass is 35.5. The van der Waals surface area contributed by atoms with Gasteiger partial charge in [-0.15, -0.1) is 0 Å². The summed E-state index contributed by atoms with van der Waals surface area (Å²) in [5.74, 6) is 0.664. The van der Waals surface area contributed by atoms with E-state index in [1.807, 2.05) is 42.5 Å². The number of benzene rings is 2. The molecule has 3 rings (SSSR count). The molecule has 2 aromatic carbocycles. The van der Waals surface area contributed by atoms with Crippen LogP contribution in [0.15, 0.2) is 53.5 Å². The molecule has 0 saturated heterocycles. The highest BCUT2D eigenvalue weighted by Crippen LogP contribution is 2.32. The zero-order chi connectivity index (χ0) is 13.2. The minimum absolute atomic E-state index is 0.0695. The first-order valence-corrected chi connectivity index (χ1v) is 6.70. The number of aliphatic imine (C=N–C) groups is 1. The fourth-order valence-electron chi connectivity index (χ4n) is 2.04. The van der Waals surface area contributed by atoms with Crippen molar-refractivity contribution in [2.24, 2.45) is 4.99 Å². The van der Waals surface area contributed by atoms with Crippen LogP contribution in [0.4, 0.5) is 0 Å².